The van der Waals surface area contributed by atoms with Gasteiger partial charge in [-0.1, -0.05) is 18.2 Å². The van der Waals surface area contributed by atoms with Crippen LogP contribution in [0.3, 0.4) is 0 Å². The van der Waals surface area contributed by atoms with Gasteiger partial charge in [0.2, 0.25) is 0 Å². The first-order valence-electron chi connectivity index (χ1n) is 4.00. The van der Waals surface area contributed by atoms with Crippen LogP contribution in [0, 0.1) is 5.82 Å². The lowest BCUT2D eigenvalue weighted by atomic mass is 10.2. The molecule has 5 heteroatoms. The number of hydrogen-bond acceptors (Lipinski definition) is 3. The van der Waals surface area contributed by atoms with Crippen LogP contribution in [0.15, 0.2) is 42.0 Å². The van der Waals surface area contributed by atoms with Crippen molar-refractivity contribution in [1.82, 2.24) is 14.9 Å². The van der Waals surface area contributed by atoms with Gasteiger partial charge in [0.25, 0.3) is 0 Å². The summed E-state index contributed by atoms with van der Waals surface area (Å²) in [5, 5.41) is 11.0. The first-order valence-corrected chi connectivity index (χ1v) is 4.00. The third-order valence-electron chi connectivity index (χ3n) is 1.64. The van der Waals surface area contributed by atoms with Crippen molar-refractivity contribution in [1.29, 1.82) is 0 Å². The highest BCUT2D eigenvalue weighted by molar-refractivity contribution is 5.79. The zero-order chi connectivity index (χ0) is 9.80. The SMILES string of the molecule is Fc1ccccc1C=Nn1cnnc1. The van der Waals surface area contributed by atoms with Crippen molar-refractivity contribution in [3.63, 3.8) is 0 Å². The number of hydrogen-bond donors (Lipinski definition) is 0. The molecule has 0 aliphatic rings. The Bertz CT molecular complexity index is 436. The van der Waals surface area contributed by atoms with Gasteiger partial charge in [-0.05, 0) is 6.07 Å². The summed E-state index contributed by atoms with van der Waals surface area (Å²) < 4.78 is 14.5. The molecule has 0 saturated heterocycles. The van der Waals surface area contributed by atoms with E-state index in [1.54, 1.807) is 18.2 Å². The second kappa shape index (κ2) is 3.78. The highest BCUT2D eigenvalue weighted by atomic mass is 19.1. The van der Waals surface area contributed by atoms with Crippen LogP contribution in [-0.4, -0.2) is 21.1 Å². The lowest BCUT2D eigenvalue weighted by molar-refractivity contribution is 0.625. The Hall–Kier alpha value is -2.04. The van der Waals surface area contributed by atoms with E-state index < -0.39 is 0 Å². The van der Waals surface area contributed by atoms with E-state index in [4.69, 9.17) is 0 Å². The number of rotatable bonds is 2. The Morgan fingerprint density at radius 1 is 1.21 bits per heavy atom. The molecular weight excluding hydrogens is 183 g/mol. The molecule has 0 fully saturated rings. The molecule has 0 unspecified atom stereocenters. The summed E-state index contributed by atoms with van der Waals surface area (Å²) in [4.78, 5) is 0. The predicted octanol–water partition coefficient (Wildman–Crippen LogP) is 1.30. The van der Waals surface area contributed by atoms with E-state index in [0.717, 1.165) is 0 Å². The highest BCUT2D eigenvalue weighted by Crippen LogP contribution is 2.02. The van der Waals surface area contributed by atoms with Crippen molar-refractivity contribution in [3.8, 4) is 0 Å². The Morgan fingerprint density at radius 2 is 1.93 bits per heavy atom. The van der Waals surface area contributed by atoms with Gasteiger partial charge in [-0.15, -0.1) is 10.2 Å². The van der Waals surface area contributed by atoms with Crippen molar-refractivity contribution < 1.29 is 4.39 Å². The summed E-state index contributed by atoms with van der Waals surface area (Å²) in [6.45, 7) is 0. The van der Waals surface area contributed by atoms with Crippen molar-refractivity contribution in [2.75, 3.05) is 0 Å². The van der Waals surface area contributed by atoms with Gasteiger partial charge in [0.05, 0.1) is 6.21 Å². The molecular formula is C9H7FN4. The molecule has 0 amide bonds. The van der Waals surface area contributed by atoms with Crippen molar-refractivity contribution >= 4 is 6.21 Å². The second-order valence-electron chi connectivity index (χ2n) is 2.61. The molecule has 0 radical (unpaired) electrons. The lowest BCUT2D eigenvalue weighted by Crippen LogP contribution is -1.90. The molecule has 0 atom stereocenters. The van der Waals surface area contributed by atoms with Gasteiger partial charge < -0.3 is 0 Å². The minimum atomic E-state index is -0.302. The Labute approximate surface area is 79.7 Å². The monoisotopic (exact) mass is 190 g/mol. The van der Waals surface area contributed by atoms with Gasteiger partial charge in [-0.2, -0.15) is 5.10 Å². The highest BCUT2D eigenvalue weighted by Gasteiger charge is 1.95. The molecule has 0 aliphatic heterocycles. The van der Waals surface area contributed by atoms with Gasteiger partial charge >= 0.3 is 0 Å². The quantitative estimate of drug-likeness (QED) is 0.670. The minimum Gasteiger partial charge on any atom is -0.208 e. The molecule has 14 heavy (non-hydrogen) atoms. The molecule has 4 nitrogen and oxygen atoms in total. The molecule has 0 aliphatic carbocycles. The summed E-state index contributed by atoms with van der Waals surface area (Å²) in [6.07, 6.45) is 4.27. The molecule has 1 aromatic carbocycles. The Balaban J connectivity index is 2.23. The number of halogens is 1. The average Bonchev–Trinajstić information content (AvgIpc) is 2.69. The van der Waals surface area contributed by atoms with Gasteiger partial charge in [0, 0.05) is 5.56 Å². The first kappa shape index (κ1) is 8.55. The van der Waals surface area contributed by atoms with Crippen LogP contribution < -0.4 is 0 Å². The van der Waals surface area contributed by atoms with Crippen LogP contribution >= 0.6 is 0 Å². The van der Waals surface area contributed by atoms with Crippen LogP contribution in [0.1, 0.15) is 5.56 Å². The smallest absolute Gasteiger partial charge is 0.141 e. The largest absolute Gasteiger partial charge is 0.208 e. The van der Waals surface area contributed by atoms with E-state index in [9.17, 15) is 4.39 Å². The fraction of sp³-hybridized carbons (Fsp3) is 0. The zero-order valence-corrected chi connectivity index (χ0v) is 7.21. The molecule has 0 spiro atoms. The molecule has 0 N–H and O–H groups in total. The van der Waals surface area contributed by atoms with Gasteiger partial charge in [0.1, 0.15) is 18.5 Å². The summed E-state index contributed by atoms with van der Waals surface area (Å²) in [6, 6.07) is 6.40. The molecule has 0 bridgehead atoms. The lowest BCUT2D eigenvalue weighted by Gasteiger charge is -1.93. The first-order chi connectivity index (χ1) is 6.86. The second-order valence-corrected chi connectivity index (χ2v) is 2.61. The van der Waals surface area contributed by atoms with Crippen molar-refractivity contribution in [2.45, 2.75) is 0 Å². The number of benzene rings is 1. The summed E-state index contributed by atoms with van der Waals surface area (Å²) in [7, 11) is 0. The summed E-state index contributed by atoms with van der Waals surface area (Å²) in [5.41, 5.74) is 0.432. The maximum absolute atomic E-state index is 13.1. The maximum Gasteiger partial charge on any atom is 0.141 e. The molecule has 70 valence electrons. The fourth-order valence-corrected chi connectivity index (χ4v) is 0.964. The Kier molecular flexibility index (Phi) is 2.31. The summed E-state index contributed by atoms with van der Waals surface area (Å²) in [5.74, 6) is -0.302. The van der Waals surface area contributed by atoms with Crippen LogP contribution in [0.25, 0.3) is 0 Å². The summed E-state index contributed by atoms with van der Waals surface area (Å²) >= 11 is 0. The van der Waals surface area contributed by atoms with E-state index in [-0.39, 0.29) is 5.82 Å². The van der Waals surface area contributed by atoms with Gasteiger partial charge in [-0.3, -0.25) is 0 Å². The molecule has 0 saturated carbocycles. The van der Waals surface area contributed by atoms with E-state index >= 15 is 0 Å². The van der Waals surface area contributed by atoms with E-state index in [0.29, 0.717) is 5.56 Å². The fourth-order valence-electron chi connectivity index (χ4n) is 0.964. The van der Waals surface area contributed by atoms with Crippen LogP contribution in [0.5, 0.6) is 0 Å². The van der Waals surface area contributed by atoms with Crippen LogP contribution in [-0.2, 0) is 0 Å². The third-order valence-corrected chi connectivity index (χ3v) is 1.64. The third kappa shape index (κ3) is 1.82. The van der Waals surface area contributed by atoms with Crippen LogP contribution in [0.2, 0.25) is 0 Å². The molecule has 1 heterocycles. The van der Waals surface area contributed by atoms with E-state index in [2.05, 4.69) is 15.3 Å². The molecule has 2 aromatic rings. The van der Waals surface area contributed by atoms with Gasteiger partial charge in [0.15, 0.2) is 0 Å². The van der Waals surface area contributed by atoms with Crippen molar-refractivity contribution in [3.05, 3.63) is 48.3 Å². The normalized spacial score (nSPS) is 10.9. The van der Waals surface area contributed by atoms with E-state index in [1.165, 1.54) is 29.6 Å². The minimum absolute atomic E-state index is 0.302. The number of nitrogens with zero attached hydrogens (tertiary/aromatic N) is 4. The van der Waals surface area contributed by atoms with Crippen molar-refractivity contribution in [2.24, 2.45) is 5.10 Å². The molecule has 2 rings (SSSR count). The maximum atomic E-state index is 13.1. The predicted molar refractivity (Wildman–Crippen MR) is 49.4 cm³/mol. The van der Waals surface area contributed by atoms with E-state index in [1.807, 2.05) is 0 Å². The zero-order valence-electron chi connectivity index (χ0n) is 7.21. The topological polar surface area (TPSA) is 43.1 Å². The number of aromatic nitrogens is 3. The average molecular weight is 190 g/mol. The molecule has 1 aromatic heterocycles. The standard InChI is InChI=1S/C9H7FN4/c10-9-4-2-1-3-8(9)5-13-14-6-11-12-7-14/h1-7H. The van der Waals surface area contributed by atoms with Crippen LogP contribution in [0.4, 0.5) is 4.39 Å². The van der Waals surface area contributed by atoms with Gasteiger partial charge in [-0.25, -0.2) is 9.07 Å². The Morgan fingerprint density at radius 3 is 2.64 bits per heavy atom.